The van der Waals surface area contributed by atoms with Crippen LogP contribution in [0.15, 0.2) is 47.0 Å². The third-order valence-electron chi connectivity index (χ3n) is 4.75. The maximum atomic E-state index is 14.0. The summed E-state index contributed by atoms with van der Waals surface area (Å²) >= 11 is 0. The number of hydrogen-bond acceptors (Lipinski definition) is 5. The van der Waals surface area contributed by atoms with E-state index in [1.165, 1.54) is 4.90 Å². The summed E-state index contributed by atoms with van der Waals surface area (Å²) < 4.78 is 38.2. The second-order valence-corrected chi connectivity index (χ2v) is 6.44. The molecule has 6 nitrogen and oxygen atoms in total. The number of amides is 1. The molecule has 1 aliphatic heterocycles. The average Bonchev–Trinajstić information content (AvgIpc) is 3.38. The maximum absolute atomic E-state index is 14.0. The van der Waals surface area contributed by atoms with Gasteiger partial charge in [-0.2, -0.15) is 4.98 Å². The molecule has 8 heteroatoms. The molecule has 144 valence electrons. The third-order valence-corrected chi connectivity index (χ3v) is 4.75. The number of hydrogen-bond donors (Lipinski definition) is 0. The van der Waals surface area contributed by atoms with E-state index in [9.17, 15) is 13.6 Å². The van der Waals surface area contributed by atoms with E-state index < -0.39 is 23.6 Å². The van der Waals surface area contributed by atoms with Crippen LogP contribution in [0.1, 0.15) is 35.1 Å². The molecule has 0 N–H and O–H groups in total. The lowest BCUT2D eigenvalue weighted by atomic mass is 10.1. The number of halogens is 2. The van der Waals surface area contributed by atoms with Crippen LogP contribution in [-0.2, 0) is 0 Å². The molecule has 0 aliphatic carbocycles. The van der Waals surface area contributed by atoms with Gasteiger partial charge in [-0.3, -0.25) is 4.79 Å². The molecule has 1 atom stereocenters. The Labute approximate surface area is 159 Å². The molecule has 1 amide bonds. The van der Waals surface area contributed by atoms with Crippen molar-refractivity contribution in [2.75, 3.05) is 13.7 Å². The Morgan fingerprint density at radius 1 is 1.25 bits per heavy atom. The van der Waals surface area contributed by atoms with E-state index >= 15 is 0 Å². The highest BCUT2D eigenvalue weighted by molar-refractivity contribution is 5.95. The summed E-state index contributed by atoms with van der Waals surface area (Å²) in [5.41, 5.74) is 0.350. The number of ether oxygens (including phenoxy) is 1. The predicted octanol–water partition coefficient (Wildman–Crippen LogP) is 4.00. The van der Waals surface area contributed by atoms with Crippen molar-refractivity contribution in [2.24, 2.45) is 0 Å². The molecule has 1 aromatic heterocycles. The molecule has 1 fully saturated rings. The molecule has 0 saturated carbocycles. The topological polar surface area (TPSA) is 68.5 Å². The molecule has 4 rings (SSSR count). The molecular weight excluding hydrogens is 368 g/mol. The van der Waals surface area contributed by atoms with Crippen molar-refractivity contribution < 1.29 is 22.8 Å². The zero-order valence-corrected chi connectivity index (χ0v) is 15.1. The largest absolute Gasteiger partial charge is 0.496 e. The van der Waals surface area contributed by atoms with E-state index in [1.807, 2.05) is 12.1 Å². The van der Waals surface area contributed by atoms with Crippen LogP contribution >= 0.6 is 0 Å². The lowest BCUT2D eigenvalue weighted by Crippen LogP contribution is -2.31. The van der Waals surface area contributed by atoms with Crippen molar-refractivity contribution in [3.63, 3.8) is 0 Å². The van der Waals surface area contributed by atoms with Gasteiger partial charge >= 0.3 is 0 Å². The van der Waals surface area contributed by atoms with Gasteiger partial charge in [0.15, 0.2) is 0 Å². The van der Waals surface area contributed by atoms with Crippen LogP contribution in [0.2, 0.25) is 0 Å². The first-order valence-electron chi connectivity index (χ1n) is 8.81. The number of benzene rings is 2. The van der Waals surface area contributed by atoms with Crippen molar-refractivity contribution in [3.8, 4) is 17.1 Å². The number of carbonyl (C=O) groups excluding carboxylic acids is 1. The highest BCUT2D eigenvalue weighted by Crippen LogP contribution is 2.35. The van der Waals surface area contributed by atoms with Crippen molar-refractivity contribution in [3.05, 3.63) is 65.6 Å². The Bertz CT molecular complexity index is 1020. The Morgan fingerprint density at radius 2 is 2.07 bits per heavy atom. The van der Waals surface area contributed by atoms with Crippen molar-refractivity contribution in [1.29, 1.82) is 0 Å². The van der Waals surface area contributed by atoms with Crippen molar-refractivity contribution in [1.82, 2.24) is 15.0 Å². The van der Waals surface area contributed by atoms with E-state index in [0.717, 1.165) is 18.2 Å². The monoisotopic (exact) mass is 385 g/mol. The van der Waals surface area contributed by atoms with Gasteiger partial charge < -0.3 is 14.2 Å². The molecule has 2 heterocycles. The summed E-state index contributed by atoms with van der Waals surface area (Å²) in [6.07, 6.45) is 1.29. The van der Waals surface area contributed by atoms with Crippen LogP contribution < -0.4 is 4.74 Å². The zero-order valence-electron chi connectivity index (χ0n) is 15.1. The number of likely N-dealkylation sites (tertiary alicyclic amines) is 1. The van der Waals surface area contributed by atoms with E-state index in [0.29, 0.717) is 36.5 Å². The van der Waals surface area contributed by atoms with Crippen LogP contribution in [0, 0.1) is 11.6 Å². The zero-order chi connectivity index (χ0) is 19.7. The molecule has 0 bridgehead atoms. The highest BCUT2D eigenvalue weighted by atomic mass is 19.1. The second kappa shape index (κ2) is 7.38. The summed E-state index contributed by atoms with van der Waals surface area (Å²) in [5, 5.41) is 4.00. The Kier molecular flexibility index (Phi) is 4.77. The molecular formula is C20H17F2N3O3. The van der Waals surface area contributed by atoms with E-state index in [4.69, 9.17) is 9.26 Å². The van der Waals surface area contributed by atoms with Gasteiger partial charge in [0.25, 0.3) is 5.91 Å². The van der Waals surface area contributed by atoms with E-state index in [-0.39, 0.29) is 11.5 Å². The number of methoxy groups -OCH3 is 1. The minimum Gasteiger partial charge on any atom is -0.496 e. The van der Waals surface area contributed by atoms with Crippen LogP contribution in [-0.4, -0.2) is 34.6 Å². The summed E-state index contributed by atoms with van der Waals surface area (Å²) in [6, 6.07) is 9.56. The smallest absolute Gasteiger partial charge is 0.257 e. The fraction of sp³-hybridized carbons (Fsp3) is 0.250. The van der Waals surface area contributed by atoms with E-state index in [2.05, 4.69) is 10.1 Å². The number of para-hydroxylation sites is 1. The first-order valence-corrected chi connectivity index (χ1v) is 8.81. The molecule has 28 heavy (non-hydrogen) atoms. The van der Waals surface area contributed by atoms with Gasteiger partial charge in [0.2, 0.25) is 11.7 Å². The molecule has 0 radical (unpaired) electrons. The molecule has 1 unspecified atom stereocenters. The molecule has 1 aliphatic rings. The van der Waals surface area contributed by atoms with Gasteiger partial charge in [-0.25, -0.2) is 8.78 Å². The lowest BCUT2D eigenvalue weighted by Gasteiger charge is -2.22. The SMILES string of the molecule is COc1ccccc1-c1noc(C2CCCN2C(=O)c2cc(F)ccc2F)n1. The number of rotatable bonds is 4. The minimum atomic E-state index is -0.766. The molecule has 2 aromatic carbocycles. The fourth-order valence-electron chi connectivity index (χ4n) is 3.39. The van der Waals surface area contributed by atoms with Gasteiger partial charge in [-0.05, 0) is 43.2 Å². The standard InChI is InChI=1S/C20H17F2N3O3/c1-27-17-7-3-2-5-13(17)18-23-19(28-24-18)16-6-4-10-25(16)20(26)14-11-12(21)8-9-15(14)22/h2-3,5,7-9,11,16H,4,6,10H2,1H3. The number of nitrogens with zero attached hydrogens (tertiary/aromatic N) is 3. The quantitative estimate of drug-likeness (QED) is 0.679. The minimum absolute atomic E-state index is 0.253. The van der Waals surface area contributed by atoms with Crippen molar-refractivity contribution >= 4 is 5.91 Å². The number of carbonyl (C=O) groups is 1. The Morgan fingerprint density at radius 3 is 2.89 bits per heavy atom. The van der Waals surface area contributed by atoms with Crippen LogP contribution in [0.25, 0.3) is 11.4 Å². The van der Waals surface area contributed by atoms with Crippen LogP contribution in [0.4, 0.5) is 8.78 Å². The first-order chi connectivity index (χ1) is 13.6. The van der Waals surface area contributed by atoms with E-state index in [1.54, 1.807) is 19.2 Å². The lowest BCUT2D eigenvalue weighted by molar-refractivity contribution is 0.0704. The summed E-state index contributed by atoms with van der Waals surface area (Å²) in [5.74, 6) is -0.853. The Hall–Kier alpha value is -3.29. The normalized spacial score (nSPS) is 16.4. The summed E-state index contributed by atoms with van der Waals surface area (Å²) in [6.45, 7) is 0.395. The third kappa shape index (κ3) is 3.21. The summed E-state index contributed by atoms with van der Waals surface area (Å²) in [7, 11) is 1.55. The summed E-state index contributed by atoms with van der Waals surface area (Å²) in [4.78, 5) is 18.7. The van der Waals surface area contributed by atoms with Gasteiger partial charge in [0.1, 0.15) is 23.4 Å². The molecule has 0 spiro atoms. The molecule has 1 saturated heterocycles. The van der Waals surface area contributed by atoms with Crippen LogP contribution in [0.3, 0.4) is 0 Å². The highest BCUT2D eigenvalue weighted by Gasteiger charge is 2.35. The molecule has 3 aromatic rings. The first kappa shape index (κ1) is 18.1. The van der Waals surface area contributed by atoms with Gasteiger partial charge in [-0.1, -0.05) is 17.3 Å². The van der Waals surface area contributed by atoms with Crippen LogP contribution in [0.5, 0.6) is 5.75 Å². The van der Waals surface area contributed by atoms with Gasteiger partial charge in [-0.15, -0.1) is 0 Å². The maximum Gasteiger partial charge on any atom is 0.257 e. The van der Waals surface area contributed by atoms with Gasteiger partial charge in [0.05, 0.1) is 18.2 Å². The number of aromatic nitrogens is 2. The fourth-order valence-corrected chi connectivity index (χ4v) is 3.39. The average molecular weight is 385 g/mol. The van der Waals surface area contributed by atoms with Crippen molar-refractivity contribution in [2.45, 2.75) is 18.9 Å². The second-order valence-electron chi connectivity index (χ2n) is 6.44. The van der Waals surface area contributed by atoms with Gasteiger partial charge in [0, 0.05) is 6.54 Å². The Balaban J connectivity index is 1.63. The predicted molar refractivity (Wildman–Crippen MR) is 95.7 cm³/mol.